The minimum Gasteiger partial charge on any atom is -0.267 e. The van der Waals surface area contributed by atoms with Gasteiger partial charge in [-0.15, -0.1) is 0 Å². The van der Waals surface area contributed by atoms with Crippen molar-refractivity contribution in [1.29, 1.82) is 0 Å². The third-order valence-corrected chi connectivity index (χ3v) is 6.56. The second-order valence-electron chi connectivity index (χ2n) is 8.08. The van der Waals surface area contributed by atoms with Crippen molar-refractivity contribution >= 4 is 33.6 Å². The van der Waals surface area contributed by atoms with Crippen LogP contribution >= 0.6 is 15.9 Å². The molecule has 1 fully saturated rings. The summed E-state index contributed by atoms with van der Waals surface area (Å²) in [6.07, 6.45) is 5.36. The molecule has 4 heteroatoms. The molecule has 1 heterocycles. The topological polar surface area (TPSA) is 32.7 Å². The summed E-state index contributed by atoms with van der Waals surface area (Å²) in [5, 5.41) is 6.69. The lowest BCUT2D eigenvalue weighted by molar-refractivity contribution is 0.0681. The second kappa shape index (κ2) is 8.64. The maximum Gasteiger partial charge on any atom is 0.274 e. The quantitative estimate of drug-likeness (QED) is 0.410. The molecule has 31 heavy (non-hydrogen) atoms. The highest BCUT2D eigenvalue weighted by Gasteiger charge is 2.43. The van der Waals surface area contributed by atoms with Gasteiger partial charge in [0.05, 0.1) is 11.8 Å². The molecule has 1 aliphatic carbocycles. The van der Waals surface area contributed by atoms with Crippen molar-refractivity contribution in [3.8, 4) is 0 Å². The Bertz CT molecular complexity index is 1150. The molecule has 1 saturated carbocycles. The molecule has 5 rings (SSSR count). The number of hydrogen-bond donors (Lipinski definition) is 0. The molecule has 2 atom stereocenters. The Morgan fingerprint density at radius 1 is 0.968 bits per heavy atom. The highest BCUT2D eigenvalue weighted by atomic mass is 79.9. The molecule has 3 aromatic rings. The normalized spacial score (nSPS) is 21.6. The Kier molecular flexibility index (Phi) is 5.56. The van der Waals surface area contributed by atoms with Crippen LogP contribution in [0.15, 0.2) is 100 Å². The third-order valence-electron chi connectivity index (χ3n) is 6.06. The van der Waals surface area contributed by atoms with Crippen LogP contribution in [0, 0.1) is 5.92 Å². The van der Waals surface area contributed by atoms with Gasteiger partial charge in [-0.25, -0.2) is 5.01 Å². The van der Waals surface area contributed by atoms with Gasteiger partial charge in [0.15, 0.2) is 0 Å². The maximum atomic E-state index is 13.6. The number of hydrogen-bond acceptors (Lipinski definition) is 2. The van der Waals surface area contributed by atoms with Crippen LogP contribution < -0.4 is 0 Å². The molecule has 0 spiro atoms. The Balaban J connectivity index is 1.58. The maximum absolute atomic E-state index is 13.6. The van der Waals surface area contributed by atoms with Gasteiger partial charge >= 0.3 is 0 Å². The van der Waals surface area contributed by atoms with Gasteiger partial charge in [0.2, 0.25) is 0 Å². The Hall–Kier alpha value is -2.98. The average molecular weight is 471 g/mol. The number of benzene rings is 3. The van der Waals surface area contributed by atoms with Crippen molar-refractivity contribution in [3.05, 3.63) is 112 Å². The smallest absolute Gasteiger partial charge is 0.267 e. The first kappa shape index (κ1) is 20.0. The molecule has 0 saturated heterocycles. The van der Waals surface area contributed by atoms with Crippen LogP contribution in [0.25, 0.3) is 6.08 Å². The van der Waals surface area contributed by atoms with Crippen LogP contribution in [0.1, 0.15) is 46.8 Å². The lowest BCUT2D eigenvalue weighted by Gasteiger charge is -2.29. The monoisotopic (exact) mass is 470 g/mol. The average Bonchev–Trinajstić information content (AvgIpc) is 3.20. The van der Waals surface area contributed by atoms with Gasteiger partial charge in [-0.05, 0) is 60.2 Å². The molecule has 3 nitrogen and oxygen atoms in total. The molecule has 1 aliphatic heterocycles. The zero-order valence-corrected chi connectivity index (χ0v) is 18.7. The Morgan fingerprint density at radius 3 is 2.45 bits per heavy atom. The number of amides is 1. The first-order chi connectivity index (χ1) is 15.2. The molecule has 154 valence electrons. The van der Waals surface area contributed by atoms with E-state index >= 15 is 0 Å². The summed E-state index contributed by atoms with van der Waals surface area (Å²) in [6.45, 7) is 0. The van der Waals surface area contributed by atoms with Crippen LogP contribution in [0.5, 0.6) is 0 Å². The zero-order valence-electron chi connectivity index (χ0n) is 17.1. The van der Waals surface area contributed by atoms with Crippen molar-refractivity contribution < 1.29 is 4.79 Å². The van der Waals surface area contributed by atoms with E-state index in [4.69, 9.17) is 5.10 Å². The standard InChI is InChI=1S/C27H23BrN2O/c28-23-15-7-14-22(18-23)27(31)30-26(20-11-5-2-6-12-20)24-16-8-13-21(25(24)29-30)17-19-9-3-1-4-10-19/h1-7,9-12,14-15,17-18,24,26H,8,13,16H2/b21-17+/t24-,26+/m0/s1. The van der Waals surface area contributed by atoms with E-state index < -0.39 is 0 Å². The lowest BCUT2D eigenvalue weighted by atomic mass is 9.77. The molecule has 0 radical (unpaired) electrons. The van der Waals surface area contributed by atoms with E-state index in [1.807, 2.05) is 48.5 Å². The molecule has 0 unspecified atom stereocenters. The van der Waals surface area contributed by atoms with Gasteiger partial charge in [0, 0.05) is 16.0 Å². The van der Waals surface area contributed by atoms with Crippen LogP contribution in [0.3, 0.4) is 0 Å². The molecule has 3 aromatic carbocycles. The Morgan fingerprint density at radius 2 is 1.71 bits per heavy atom. The van der Waals surface area contributed by atoms with Gasteiger partial charge in [-0.3, -0.25) is 4.79 Å². The fourth-order valence-corrected chi connectivity index (χ4v) is 5.05. The fraction of sp³-hybridized carbons (Fsp3) is 0.185. The van der Waals surface area contributed by atoms with E-state index in [2.05, 4.69) is 58.4 Å². The minimum atomic E-state index is -0.0813. The van der Waals surface area contributed by atoms with E-state index in [0.717, 1.165) is 35.0 Å². The number of allylic oxidation sites excluding steroid dienone is 1. The lowest BCUT2D eigenvalue weighted by Crippen LogP contribution is -2.31. The summed E-state index contributed by atoms with van der Waals surface area (Å²) in [4.78, 5) is 13.6. The van der Waals surface area contributed by atoms with Gasteiger partial charge in [0.25, 0.3) is 5.91 Å². The van der Waals surface area contributed by atoms with E-state index in [1.165, 1.54) is 11.1 Å². The zero-order chi connectivity index (χ0) is 21.2. The van der Waals surface area contributed by atoms with E-state index in [0.29, 0.717) is 5.56 Å². The van der Waals surface area contributed by atoms with E-state index in [9.17, 15) is 4.79 Å². The van der Waals surface area contributed by atoms with Crippen molar-refractivity contribution in [2.45, 2.75) is 25.3 Å². The Labute approximate surface area is 191 Å². The number of carbonyl (C=O) groups is 1. The highest BCUT2D eigenvalue weighted by Crippen LogP contribution is 2.44. The summed E-state index contributed by atoms with van der Waals surface area (Å²) >= 11 is 3.49. The van der Waals surface area contributed by atoms with E-state index in [-0.39, 0.29) is 17.9 Å². The number of hydrazone groups is 1. The molecular formula is C27H23BrN2O. The predicted molar refractivity (Wildman–Crippen MR) is 129 cm³/mol. The molecular weight excluding hydrogens is 448 g/mol. The van der Waals surface area contributed by atoms with Crippen LogP contribution in [-0.4, -0.2) is 16.6 Å². The number of fused-ring (bicyclic) bond motifs is 1. The largest absolute Gasteiger partial charge is 0.274 e. The van der Waals surface area contributed by atoms with Crippen molar-refractivity contribution in [2.75, 3.05) is 0 Å². The highest BCUT2D eigenvalue weighted by molar-refractivity contribution is 9.10. The molecule has 0 N–H and O–H groups in total. The third kappa shape index (κ3) is 4.00. The molecule has 2 aliphatic rings. The van der Waals surface area contributed by atoms with Crippen LogP contribution in [0.4, 0.5) is 0 Å². The van der Waals surface area contributed by atoms with Gasteiger partial charge < -0.3 is 0 Å². The summed E-state index contributed by atoms with van der Waals surface area (Å²) in [7, 11) is 0. The van der Waals surface area contributed by atoms with Crippen LogP contribution in [0.2, 0.25) is 0 Å². The summed E-state index contributed by atoms with van der Waals surface area (Å²) < 4.78 is 0.892. The van der Waals surface area contributed by atoms with Crippen molar-refractivity contribution in [2.24, 2.45) is 11.0 Å². The summed E-state index contributed by atoms with van der Waals surface area (Å²) in [6, 6.07) is 28.2. The first-order valence-electron chi connectivity index (χ1n) is 10.7. The molecule has 0 bridgehead atoms. The number of halogens is 1. The van der Waals surface area contributed by atoms with Crippen molar-refractivity contribution in [3.63, 3.8) is 0 Å². The number of carbonyl (C=O) groups excluding carboxylic acids is 1. The summed E-state index contributed by atoms with van der Waals surface area (Å²) in [5.74, 6) is 0.151. The second-order valence-corrected chi connectivity index (χ2v) is 9.00. The fourth-order valence-electron chi connectivity index (χ4n) is 4.66. The van der Waals surface area contributed by atoms with Gasteiger partial charge in [0.1, 0.15) is 0 Å². The number of rotatable bonds is 3. The minimum absolute atomic E-state index is 0.0592. The first-order valence-corrected chi connectivity index (χ1v) is 11.5. The molecule has 1 amide bonds. The summed E-state index contributed by atoms with van der Waals surface area (Å²) in [5.41, 5.74) is 5.26. The van der Waals surface area contributed by atoms with Crippen LogP contribution in [-0.2, 0) is 0 Å². The van der Waals surface area contributed by atoms with Crippen molar-refractivity contribution in [1.82, 2.24) is 5.01 Å². The van der Waals surface area contributed by atoms with E-state index in [1.54, 1.807) is 5.01 Å². The van der Waals surface area contributed by atoms with Gasteiger partial charge in [-0.2, -0.15) is 5.10 Å². The SMILES string of the molecule is O=C(c1cccc(Br)c1)N1N=C2/C(=C/c3ccccc3)CCC[C@@H]2[C@H]1c1ccccc1. The van der Waals surface area contributed by atoms with Gasteiger partial charge in [-0.1, -0.05) is 82.7 Å². The number of nitrogens with zero attached hydrogens (tertiary/aromatic N) is 2. The molecule has 0 aromatic heterocycles. The predicted octanol–water partition coefficient (Wildman–Crippen LogP) is 6.89.